The maximum absolute atomic E-state index is 12.4. The second-order valence-electron chi connectivity index (χ2n) is 8.14. The van der Waals surface area contributed by atoms with Gasteiger partial charge in [-0.1, -0.05) is 38.5 Å². The molecule has 5 nitrogen and oxygen atoms in total. The number of nitrogens with zero attached hydrogens (tertiary/aromatic N) is 3. The Hall–Kier alpha value is -1.92. The van der Waals surface area contributed by atoms with E-state index in [-0.39, 0.29) is 17.9 Å². The third kappa shape index (κ3) is 5.53. The van der Waals surface area contributed by atoms with Crippen LogP contribution in [0.15, 0.2) is 29.6 Å². The van der Waals surface area contributed by atoms with Crippen molar-refractivity contribution in [3.05, 3.63) is 45.9 Å². The van der Waals surface area contributed by atoms with Crippen LogP contribution in [0.3, 0.4) is 0 Å². The molecule has 2 aromatic rings. The SMILES string of the molecule is Cc1ccc(OCC(=O)N2CCN(Cc3nc(C(C)(C)C)cs3)CC2)cc1. The van der Waals surface area contributed by atoms with Crippen molar-refractivity contribution in [1.29, 1.82) is 0 Å². The summed E-state index contributed by atoms with van der Waals surface area (Å²) >= 11 is 1.73. The summed E-state index contributed by atoms with van der Waals surface area (Å²) in [5.41, 5.74) is 2.43. The topological polar surface area (TPSA) is 45.7 Å². The lowest BCUT2D eigenvalue weighted by Crippen LogP contribution is -2.49. The van der Waals surface area contributed by atoms with Crippen molar-refractivity contribution in [3.8, 4) is 5.75 Å². The Balaban J connectivity index is 1.43. The first kappa shape index (κ1) is 19.8. The molecule has 0 N–H and O–H groups in total. The summed E-state index contributed by atoms with van der Waals surface area (Å²) in [5, 5.41) is 3.32. The molecule has 0 bridgehead atoms. The summed E-state index contributed by atoms with van der Waals surface area (Å²) in [6.07, 6.45) is 0. The third-order valence-corrected chi connectivity index (χ3v) is 5.62. The number of aromatic nitrogens is 1. The Kier molecular flexibility index (Phi) is 6.17. The van der Waals surface area contributed by atoms with Gasteiger partial charge in [0.1, 0.15) is 10.8 Å². The molecule has 0 spiro atoms. The predicted molar refractivity (Wildman–Crippen MR) is 109 cm³/mol. The maximum Gasteiger partial charge on any atom is 0.260 e. The summed E-state index contributed by atoms with van der Waals surface area (Å²) < 4.78 is 5.62. The van der Waals surface area contributed by atoms with E-state index in [9.17, 15) is 4.79 Å². The fourth-order valence-electron chi connectivity index (χ4n) is 2.95. The second kappa shape index (κ2) is 8.40. The van der Waals surface area contributed by atoms with Gasteiger partial charge in [0.05, 0.1) is 12.2 Å². The highest BCUT2D eigenvalue weighted by Crippen LogP contribution is 2.24. The highest BCUT2D eigenvalue weighted by molar-refractivity contribution is 7.09. The fourth-order valence-corrected chi connectivity index (χ4v) is 4.01. The monoisotopic (exact) mass is 387 g/mol. The van der Waals surface area contributed by atoms with Gasteiger partial charge in [0, 0.05) is 37.0 Å². The van der Waals surface area contributed by atoms with Gasteiger partial charge in [-0.05, 0) is 19.1 Å². The minimum atomic E-state index is 0.0551. The molecule has 0 saturated carbocycles. The largest absolute Gasteiger partial charge is 0.484 e. The average molecular weight is 388 g/mol. The zero-order valence-electron chi connectivity index (χ0n) is 16.7. The summed E-state index contributed by atoms with van der Waals surface area (Å²) in [6, 6.07) is 7.78. The molecule has 6 heteroatoms. The number of hydrogen-bond donors (Lipinski definition) is 0. The van der Waals surface area contributed by atoms with Gasteiger partial charge in [-0.25, -0.2) is 4.98 Å². The van der Waals surface area contributed by atoms with Crippen LogP contribution in [0.4, 0.5) is 0 Å². The molecule has 2 heterocycles. The van der Waals surface area contributed by atoms with Gasteiger partial charge in [-0.2, -0.15) is 0 Å². The van der Waals surface area contributed by atoms with Gasteiger partial charge in [-0.3, -0.25) is 9.69 Å². The smallest absolute Gasteiger partial charge is 0.260 e. The van der Waals surface area contributed by atoms with Crippen LogP contribution in [0.2, 0.25) is 0 Å². The van der Waals surface area contributed by atoms with E-state index in [1.165, 1.54) is 5.56 Å². The van der Waals surface area contributed by atoms with Crippen LogP contribution in [-0.2, 0) is 16.8 Å². The van der Waals surface area contributed by atoms with Gasteiger partial charge >= 0.3 is 0 Å². The molecule has 146 valence electrons. The molecule has 1 aliphatic heterocycles. The number of rotatable bonds is 5. The van der Waals surface area contributed by atoms with Crippen molar-refractivity contribution in [1.82, 2.24) is 14.8 Å². The molecule has 0 unspecified atom stereocenters. The standard InChI is InChI=1S/C21H29N3O2S/c1-16-5-7-17(8-6-16)26-14-20(25)24-11-9-23(10-12-24)13-19-22-18(15-27-19)21(2,3)4/h5-8,15H,9-14H2,1-4H3. The van der Waals surface area contributed by atoms with E-state index >= 15 is 0 Å². The lowest BCUT2D eigenvalue weighted by molar-refractivity contribution is -0.135. The van der Waals surface area contributed by atoms with Crippen molar-refractivity contribution >= 4 is 17.2 Å². The van der Waals surface area contributed by atoms with Crippen molar-refractivity contribution in [2.45, 2.75) is 39.7 Å². The van der Waals surface area contributed by atoms with Crippen LogP contribution in [0.1, 0.15) is 37.0 Å². The molecule has 27 heavy (non-hydrogen) atoms. The number of carbonyl (C=O) groups excluding carboxylic acids is 1. The van der Waals surface area contributed by atoms with Crippen molar-refractivity contribution < 1.29 is 9.53 Å². The van der Waals surface area contributed by atoms with Gasteiger partial charge in [0.25, 0.3) is 5.91 Å². The zero-order chi connectivity index (χ0) is 19.4. The number of benzene rings is 1. The van der Waals surface area contributed by atoms with E-state index in [2.05, 4.69) is 31.1 Å². The molecule has 0 radical (unpaired) electrons. The van der Waals surface area contributed by atoms with E-state index in [1.807, 2.05) is 36.1 Å². The summed E-state index contributed by atoms with van der Waals surface area (Å²) in [7, 11) is 0. The normalized spacial score (nSPS) is 15.8. The van der Waals surface area contributed by atoms with E-state index in [4.69, 9.17) is 9.72 Å². The Bertz CT molecular complexity index is 756. The maximum atomic E-state index is 12.4. The van der Waals surface area contributed by atoms with E-state index in [0.717, 1.165) is 49.2 Å². The highest BCUT2D eigenvalue weighted by atomic mass is 32.1. The lowest BCUT2D eigenvalue weighted by atomic mass is 9.93. The molecule has 0 aliphatic carbocycles. The van der Waals surface area contributed by atoms with Crippen molar-refractivity contribution in [2.75, 3.05) is 32.8 Å². The lowest BCUT2D eigenvalue weighted by Gasteiger charge is -2.34. The summed E-state index contributed by atoms with van der Waals surface area (Å²) in [4.78, 5) is 21.4. The van der Waals surface area contributed by atoms with E-state index < -0.39 is 0 Å². The molecule has 1 amide bonds. The zero-order valence-corrected chi connectivity index (χ0v) is 17.5. The number of aryl methyl sites for hydroxylation is 1. The molecule has 0 atom stereocenters. The molecule has 1 fully saturated rings. The third-order valence-electron chi connectivity index (χ3n) is 4.79. The number of carbonyl (C=O) groups is 1. The average Bonchev–Trinajstić information content (AvgIpc) is 3.10. The quantitative estimate of drug-likeness (QED) is 0.788. The van der Waals surface area contributed by atoms with Crippen LogP contribution in [0, 0.1) is 6.92 Å². The van der Waals surface area contributed by atoms with Crippen molar-refractivity contribution in [2.24, 2.45) is 0 Å². The van der Waals surface area contributed by atoms with Crippen LogP contribution < -0.4 is 4.74 Å². The van der Waals surface area contributed by atoms with Gasteiger partial charge < -0.3 is 9.64 Å². The van der Waals surface area contributed by atoms with Crippen LogP contribution in [0.5, 0.6) is 5.75 Å². The number of thiazole rings is 1. The van der Waals surface area contributed by atoms with Crippen molar-refractivity contribution in [3.63, 3.8) is 0 Å². The molecule has 1 aromatic heterocycles. The Labute approximate surface area is 166 Å². The molecule has 1 aromatic carbocycles. The Morgan fingerprint density at radius 1 is 1.15 bits per heavy atom. The highest BCUT2D eigenvalue weighted by Gasteiger charge is 2.23. The first-order valence-corrected chi connectivity index (χ1v) is 10.3. The minimum Gasteiger partial charge on any atom is -0.484 e. The van der Waals surface area contributed by atoms with Gasteiger partial charge in [0.2, 0.25) is 0 Å². The van der Waals surface area contributed by atoms with Crippen LogP contribution in [-0.4, -0.2) is 53.5 Å². The molecule has 1 aliphatic rings. The van der Waals surface area contributed by atoms with E-state index in [0.29, 0.717) is 0 Å². The van der Waals surface area contributed by atoms with Gasteiger partial charge in [0.15, 0.2) is 6.61 Å². The molecule has 1 saturated heterocycles. The number of hydrogen-bond acceptors (Lipinski definition) is 5. The first-order chi connectivity index (χ1) is 12.8. The molecule has 3 rings (SSSR count). The predicted octanol–water partition coefficient (Wildman–Crippen LogP) is 3.47. The van der Waals surface area contributed by atoms with E-state index in [1.54, 1.807) is 11.3 Å². The number of piperazine rings is 1. The van der Waals surface area contributed by atoms with Gasteiger partial charge in [-0.15, -0.1) is 11.3 Å². The van der Waals surface area contributed by atoms with Crippen LogP contribution in [0.25, 0.3) is 0 Å². The molecular formula is C21H29N3O2S. The Morgan fingerprint density at radius 2 is 1.81 bits per heavy atom. The molecular weight excluding hydrogens is 358 g/mol. The number of ether oxygens (including phenoxy) is 1. The minimum absolute atomic E-state index is 0.0551. The summed E-state index contributed by atoms with van der Waals surface area (Å²) in [5.74, 6) is 0.797. The fraction of sp³-hybridized carbons (Fsp3) is 0.524. The Morgan fingerprint density at radius 3 is 2.41 bits per heavy atom. The number of amides is 1. The second-order valence-corrected chi connectivity index (χ2v) is 9.08. The first-order valence-electron chi connectivity index (χ1n) is 9.46. The van der Waals surface area contributed by atoms with Crippen LogP contribution >= 0.6 is 11.3 Å². The summed E-state index contributed by atoms with van der Waals surface area (Å²) in [6.45, 7) is 12.8.